The molecule has 0 spiro atoms. The fraction of sp³-hybridized carbons (Fsp3) is 0.750. The van der Waals surface area contributed by atoms with E-state index < -0.39 is 6.29 Å². The van der Waals surface area contributed by atoms with Crippen molar-refractivity contribution in [2.75, 3.05) is 0 Å². The SMILES string of the molecule is C=C(C)C(=O)OC1CCCC(CC(O)O)C1. The quantitative estimate of drug-likeness (QED) is 0.433. The summed E-state index contributed by atoms with van der Waals surface area (Å²) in [4.78, 5) is 11.3. The lowest BCUT2D eigenvalue weighted by Gasteiger charge is -2.29. The molecule has 1 aliphatic rings. The van der Waals surface area contributed by atoms with Crippen molar-refractivity contribution in [2.45, 2.75) is 51.4 Å². The van der Waals surface area contributed by atoms with Crippen molar-refractivity contribution < 1.29 is 19.7 Å². The molecule has 1 saturated carbocycles. The molecule has 0 aliphatic heterocycles. The summed E-state index contributed by atoms with van der Waals surface area (Å²) in [6.07, 6.45) is 2.52. The van der Waals surface area contributed by atoms with Gasteiger partial charge in [0.2, 0.25) is 0 Å². The van der Waals surface area contributed by atoms with Crippen molar-refractivity contribution in [2.24, 2.45) is 5.92 Å². The maximum Gasteiger partial charge on any atom is 0.333 e. The van der Waals surface area contributed by atoms with Crippen molar-refractivity contribution in [3.05, 3.63) is 12.2 Å². The molecule has 4 heteroatoms. The summed E-state index contributed by atoms with van der Waals surface area (Å²) in [5.41, 5.74) is 0.407. The average molecular weight is 228 g/mol. The molecule has 1 aliphatic carbocycles. The minimum atomic E-state index is -1.26. The molecule has 0 bridgehead atoms. The lowest BCUT2D eigenvalue weighted by Crippen LogP contribution is -2.27. The van der Waals surface area contributed by atoms with Crippen LogP contribution in [0.5, 0.6) is 0 Å². The zero-order valence-electron chi connectivity index (χ0n) is 9.69. The van der Waals surface area contributed by atoms with E-state index >= 15 is 0 Å². The van der Waals surface area contributed by atoms with Gasteiger partial charge in [0.25, 0.3) is 0 Å². The van der Waals surface area contributed by atoms with E-state index in [-0.39, 0.29) is 18.0 Å². The van der Waals surface area contributed by atoms with Gasteiger partial charge in [0, 0.05) is 12.0 Å². The summed E-state index contributed by atoms with van der Waals surface area (Å²) >= 11 is 0. The maximum atomic E-state index is 11.3. The van der Waals surface area contributed by atoms with Crippen LogP contribution in [0.2, 0.25) is 0 Å². The Morgan fingerprint density at radius 2 is 2.19 bits per heavy atom. The third-order valence-electron chi connectivity index (χ3n) is 2.90. The van der Waals surface area contributed by atoms with Gasteiger partial charge in [-0.05, 0) is 38.5 Å². The third kappa shape index (κ3) is 4.33. The Morgan fingerprint density at radius 3 is 2.75 bits per heavy atom. The summed E-state index contributed by atoms with van der Waals surface area (Å²) in [6, 6.07) is 0. The highest BCUT2D eigenvalue weighted by Gasteiger charge is 2.26. The van der Waals surface area contributed by atoms with Gasteiger partial charge in [0.05, 0.1) is 0 Å². The van der Waals surface area contributed by atoms with Gasteiger partial charge in [0.1, 0.15) is 6.10 Å². The van der Waals surface area contributed by atoms with Crippen molar-refractivity contribution in [1.29, 1.82) is 0 Å². The lowest BCUT2D eigenvalue weighted by atomic mass is 9.85. The predicted octanol–water partition coefficient (Wildman–Crippen LogP) is 1.37. The van der Waals surface area contributed by atoms with E-state index in [0.717, 1.165) is 25.7 Å². The molecule has 16 heavy (non-hydrogen) atoms. The largest absolute Gasteiger partial charge is 0.459 e. The second-order valence-electron chi connectivity index (χ2n) is 4.56. The van der Waals surface area contributed by atoms with Crippen LogP contribution in [-0.4, -0.2) is 28.6 Å². The first-order valence-electron chi connectivity index (χ1n) is 5.71. The van der Waals surface area contributed by atoms with E-state index in [1.54, 1.807) is 6.92 Å². The van der Waals surface area contributed by atoms with Crippen LogP contribution in [0.4, 0.5) is 0 Å². The van der Waals surface area contributed by atoms with Gasteiger partial charge in [-0.25, -0.2) is 4.79 Å². The van der Waals surface area contributed by atoms with Crippen molar-refractivity contribution in [1.82, 2.24) is 0 Å². The highest BCUT2D eigenvalue weighted by atomic mass is 16.5. The summed E-state index contributed by atoms with van der Waals surface area (Å²) in [6.45, 7) is 5.16. The molecule has 0 radical (unpaired) electrons. The van der Waals surface area contributed by atoms with Gasteiger partial charge in [-0.2, -0.15) is 0 Å². The molecule has 0 heterocycles. The van der Waals surface area contributed by atoms with E-state index in [0.29, 0.717) is 12.0 Å². The van der Waals surface area contributed by atoms with Crippen LogP contribution in [0.15, 0.2) is 12.2 Å². The van der Waals surface area contributed by atoms with Crippen LogP contribution in [0.25, 0.3) is 0 Å². The van der Waals surface area contributed by atoms with E-state index in [1.165, 1.54) is 0 Å². The lowest BCUT2D eigenvalue weighted by molar-refractivity contribution is -0.147. The molecule has 92 valence electrons. The Balaban J connectivity index is 2.38. The molecule has 1 rings (SSSR count). The van der Waals surface area contributed by atoms with Crippen LogP contribution in [0, 0.1) is 5.92 Å². The molecular weight excluding hydrogens is 208 g/mol. The van der Waals surface area contributed by atoms with E-state index in [1.807, 2.05) is 0 Å². The van der Waals surface area contributed by atoms with Crippen molar-refractivity contribution in [3.63, 3.8) is 0 Å². The minimum absolute atomic E-state index is 0.0956. The van der Waals surface area contributed by atoms with Crippen LogP contribution in [0.3, 0.4) is 0 Å². The third-order valence-corrected chi connectivity index (χ3v) is 2.90. The second kappa shape index (κ2) is 6.01. The molecule has 1 fully saturated rings. The smallest absolute Gasteiger partial charge is 0.333 e. The predicted molar refractivity (Wildman–Crippen MR) is 59.5 cm³/mol. The van der Waals surface area contributed by atoms with Crippen molar-refractivity contribution >= 4 is 5.97 Å². The zero-order valence-corrected chi connectivity index (χ0v) is 9.69. The Bertz CT molecular complexity index is 260. The molecule has 2 atom stereocenters. The number of ether oxygens (including phenoxy) is 1. The molecule has 0 aromatic heterocycles. The summed E-state index contributed by atoms with van der Waals surface area (Å²) in [7, 11) is 0. The number of hydrogen-bond acceptors (Lipinski definition) is 4. The first-order valence-corrected chi connectivity index (χ1v) is 5.71. The first-order chi connectivity index (χ1) is 7.49. The maximum absolute atomic E-state index is 11.3. The van der Waals surface area contributed by atoms with Crippen LogP contribution >= 0.6 is 0 Å². The molecule has 2 N–H and O–H groups in total. The Morgan fingerprint density at radius 1 is 1.50 bits per heavy atom. The van der Waals surface area contributed by atoms with Gasteiger partial charge in [0.15, 0.2) is 6.29 Å². The molecule has 2 unspecified atom stereocenters. The van der Waals surface area contributed by atoms with Crippen LogP contribution < -0.4 is 0 Å². The number of aliphatic hydroxyl groups is 2. The van der Waals surface area contributed by atoms with E-state index in [4.69, 9.17) is 14.9 Å². The van der Waals surface area contributed by atoms with Crippen LogP contribution in [-0.2, 0) is 9.53 Å². The number of aliphatic hydroxyl groups excluding tert-OH is 1. The minimum Gasteiger partial charge on any atom is -0.459 e. The summed E-state index contributed by atoms with van der Waals surface area (Å²) in [5, 5.41) is 17.8. The van der Waals surface area contributed by atoms with E-state index in [2.05, 4.69) is 6.58 Å². The van der Waals surface area contributed by atoms with Gasteiger partial charge in [-0.3, -0.25) is 0 Å². The number of carbonyl (C=O) groups excluding carboxylic acids is 1. The normalized spacial score (nSPS) is 25.5. The van der Waals surface area contributed by atoms with Gasteiger partial charge in [-0.15, -0.1) is 0 Å². The molecule has 0 aromatic carbocycles. The Hall–Kier alpha value is -0.870. The second-order valence-corrected chi connectivity index (χ2v) is 4.56. The number of carbonyl (C=O) groups is 1. The van der Waals surface area contributed by atoms with Crippen LogP contribution in [0.1, 0.15) is 39.0 Å². The Kier molecular flexibility index (Phi) is 4.96. The fourth-order valence-corrected chi connectivity index (χ4v) is 2.11. The highest BCUT2D eigenvalue weighted by molar-refractivity contribution is 5.87. The molecule has 4 nitrogen and oxygen atoms in total. The standard InChI is InChI=1S/C12H20O4/c1-8(2)12(15)16-10-5-3-4-9(6-10)7-11(13)14/h9-11,13-14H,1,3-7H2,2H3. The highest BCUT2D eigenvalue weighted by Crippen LogP contribution is 2.29. The Labute approximate surface area is 95.9 Å². The van der Waals surface area contributed by atoms with E-state index in [9.17, 15) is 4.79 Å². The number of esters is 1. The molecule has 0 aromatic rings. The first kappa shape index (κ1) is 13.2. The van der Waals surface area contributed by atoms with Gasteiger partial charge in [-0.1, -0.05) is 6.58 Å². The summed E-state index contributed by atoms with van der Waals surface area (Å²) < 4.78 is 5.26. The van der Waals surface area contributed by atoms with Gasteiger partial charge < -0.3 is 14.9 Å². The zero-order chi connectivity index (χ0) is 12.1. The molecule has 0 amide bonds. The van der Waals surface area contributed by atoms with Crippen molar-refractivity contribution in [3.8, 4) is 0 Å². The molecule has 0 saturated heterocycles. The topological polar surface area (TPSA) is 66.8 Å². The molecular formula is C12H20O4. The average Bonchev–Trinajstić information content (AvgIpc) is 2.16. The number of hydrogen-bond donors (Lipinski definition) is 2. The number of rotatable bonds is 4. The monoisotopic (exact) mass is 228 g/mol. The van der Waals surface area contributed by atoms with Gasteiger partial charge >= 0.3 is 5.97 Å². The fourth-order valence-electron chi connectivity index (χ4n) is 2.11. The summed E-state index contributed by atoms with van der Waals surface area (Å²) in [5.74, 6) is -0.119.